The number of pyridine rings is 1. The lowest BCUT2D eigenvalue weighted by Gasteiger charge is -2.18. The maximum absolute atomic E-state index is 12.0. The van der Waals surface area contributed by atoms with Crippen molar-refractivity contribution in [2.45, 2.75) is 39.0 Å². The molecule has 0 atom stereocenters. The molecule has 1 aliphatic rings. The van der Waals surface area contributed by atoms with Gasteiger partial charge in [-0.25, -0.2) is 4.79 Å². The van der Waals surface area contributed by atoms with Crippen LogP contribution in [0.15, 0.2) is 4.79 Å². The van der Waals surface area contributed by atoms with Gasteiger partial charge in [0.25, 0.3) is 5.56 Å². The first-order chi connectivity index (χ1) is 8.92. The van der Waals surface area contributed by atoms with Crippen molar-refractivity contribution in [1.82, 2.24) is 4.98 Å². The molecule has 0 saturated heterocycles. The van der Waals surface area contributed by atoms with E-state index in [2.05, 4.69) is 4.98 Å². The Bertz CT molecular complexity index is 635. The molecule has 0 bridgehead atoms. The zero-order valence-corrected chi connectivity index (χ0v) is 11.3. The third-order valence-corrected chi connectivity index (χ3v) is 3.59. The zero-order valence-electron chi connectivity index (χ0n) is 11.3. The fourth-order valence-electron chi connectivity index (χ4n) is 2.57. The van der Waals surface area contributed by atoms with Crippen molar-refractivity contribution >= 4 is 5.97 Å². The van der Waals surface area contributed by atoms with Crippen LogP contribution in [0, 0.1) is 11.3 Å². The average Bonchev–Trinajstić information content (AvgIpc) is 2.64. The van der Waals surface area contributed by atoms with E-state index in [1.54, 1.807) is 6.92 Å². The highest BCUT2D eigenvalue weighted by Crippen LogP contribution is 2.38. The monoisotopic (exact) mass is 260 g/mol. The van der Waals surface area contributed by atoms with Crippen molar-refractivity contribution in [3.05, 3.63) is 32.7 Å². The molecule has 19 heavy (non-hydrogen) atoms. The Hall–Kier alpha value is -2.09. The van der Waals surface area contributed by atoms with Crippen LogP contribution in [-0.4, -0.2) is 17.6 Å². The number of esters is 1. The first kappa shape index (κ1) is 13.3. The Morgan fingerprint density at radius 1 is 1.53 bits per heavy atom. The van der Waals surface area contributed by atoms with Gasteiger partial charge < -0.3 is 9.72 Å². The van der Waals surface area contributed by atoms with Crippen LogP contribution in [0.5, 0.6) is 0 Å². The van der Waals surface area contributed by atoms with E-state index in [1.165, 1.54) is 0 Å². The van der Waals surface area contributed by atoms with Gasteiger partial charge in [-0.3, -0.25) is 4.79 Å². The quantitative estimate of drug-likeness (QED) is 0.819. The van der Waals surface area contributed by atoms with E-state index in [-0.39, 0.29) is 23.1 Å². The van der Waals surface area contributed by atoms with Crippen molar-refractivity contribution in [3.63, 3.8) is 0 Å². The molecule has 0 spiro atoms. The number of nitrogens with zero attached hydrogens (tertiary/aromatic N) is 1. The van der Waals surface area contributed by atoms with Crippen molar-refractivity contribution in [1.29, 1.82) is 5.26 Å². The molecule has 1 aromatic heterocycles. The van der Waals surface area contributed by atoms with Crippen LogP contribution < -0.4 is 5.56 Å². The third kappa shape index (κ3) is 2.03. The first-order valence-corrected chi connectivity index (χ1v) is 6.29. The lowest BCUT2D eigenvalue weighted by Crippen LogP contribution is -2.25. The summed E-state index contributed by atoms with van der Waals surface area (Å²) in [4.78, 5) is 26.7. The fraction of sp³-hybridized carbons (Fsp3) is 0.500. The number of hydrogen-bond donors (Lipinski definition) is 1. The predicted molar refractivity (Wildman–Crippen MR) is 69.1 cm³/mol. The van der Waals surface area contributed by atoms with E-state index in [9.17, 15) is 9.59 Å². The maximum atomic E-state index is 12.0. The van der Waals surface area contributed by atoms with E-state index in [1.807, 2.05) is 19.9 Å². The van der Waals surface area contributed by atoms with Crippen LogP contribution in [-0.2, 0) is 16.6 Å². The van der Waals surface area contributed by atoms with Crippen LogP contribution in [0.3, 0.4) is 0 Å². The second-order valence-corrected chi connectivity index (χ2v) is 5.27. The predicted octanol–water partition coefficient (Wildman–Crippen LogP) is 1.65. The molecule has 0 saturated carbocycles. The third-order valence-electron chi connectivity index (χ3n) is 3.59. The summed E-state index contributed by atoms with van der Waals surface area (Å²) >= 11 is 0. The Kier molecular flexibility index (Phi) is 3.19. The number of aromatic amines is 1. The topological polar surface area (TPSA) is 83.0 Å². The Morgan fingerprint density at radius 3 is 2.79 bits per heavy atom. The number of nitrogens with one attached hydrogen (secondary N) is 1. The minimum atomic E-state index is -0.584. The first-order valence-electron chi connectivity index (χ1n) is 6.29. The average molecular weight is 260 g/mol. The zero-order chi connectivity index (χ0) is 14.2. The highest BCUT2D eigenvalue weighted by molar-refractivity contribution is 5.94. The Morgan fingerprint density at radius 2 is 2.21 bits per heavy atom. The fourth-order valence-corrected chi connectivity index (χ4v) is 2.57. The summed E-state index contributed by atoms with van der Waals surface area (Å²) in [7, 11) is 0. The largest absolute Gasteiger partial charge is 0.462 e. The van der Waals surface area contributed by atoms with Gasteiger partial charge in [0, 0.05) is 11.1 Å². The number of carbonyl (C=O) groups is 1. The van der Waals surface area contributed by atoms with E-state index < -0.39 is 11.5 Å². The standard InChI is InChI=1S/C14H16N2O3/c1-4-19-13(18)10-8-5-6-14(2,3)11(8)16-12(17)9(10)7-15/h4-6H2,1-3H3,(H,16,17). The molecule has 1 aliphatic carbocycles. The number of aromatic nitrogens is 1. The molecule has 5 heteroatoms. The van der Waals surface area contributed by atoms with Crippen LogP contribution in [0.2, 0.25) is 0 Å². The number of rotatable bonds is 2. The molecule has 100 valence electrons. The Balaban J connectivity index is 2.75. The SMILES string of the molecule is CCOC(=O)c1c2c([nH]c(=O)c1C#N)C(C)(C)CC2. The normalized spacial score (nSPS) is 15.7. The molecule has 0 aromatic carbocycles. The lowest BCUT2D eigenvalue weighted by atomic mass is 9.90. The molecule has 0 amide bonds. The second-order valence-electron chi connectivity index (χ2n) is 5.27. The molecule has 1 aromatic rings. The number of ether oxygens (including phenoxy) is 1. The Labute approximate surface area is 111 Å². The summed E-state index contributed by atoms with van der Waals surface area (Å²) in [6, 6.07) is 1.82. The summed E-state index contributed by atoms with van der Waals surface area (Å²) in [5.41, 5.74) is 0.797. The van der Waals surface area contributed by atoms with Crippen molar-refractivity contribution in [2.24, 2.45) is 0 Å². The van der Waals surface area contributed by atoms with Crippen LogP contribution in [0.25, 0.3) is 0 Å². The van der Waals surface area contributed by atoms with Gasteiger partial charge in [-0.2, -0.15) is 5.26 Å². The molecule has 1 heterocycles. The highest BCUT2D eigenvalue weighted by atomic mass is 16.5. The van der Waals surface area contributed by atoms with Gasteiger partial charge in [-0.05, 0) is 25.3 Å². The summed E-state index contributed by atoms with van der Waals surface area (Å²) in [6.07, 6.45) is 1.50. The summed E-state index contributed by atoms with van der Waals surface area (Å²) in [6.45, 7) is 5.93. The van der Waals surface area contributed by atoms with Crippen LogP contribution in [0.4, 0.5) is 0 Å². The summed E-state index contributed by atoms with van der Waals surface area (Å²) in [5, 5.41) is 9.10. The lowest BCUT2D eigenvalue weighted by molar-refractivity contribution is 0.0524. The summed E-state index contributed by atoms with van der Waals surface area (Å²) in [5.74, 6) is -0.584. The molecule has 0 aliphatic heterocycles. The van der Waals surface area contributed by atoms with Crippen LogP contribution >= 0.6 is 0 Å². The van der Waals surface area contributed by atoms with E-state index >= 15 is 0 Å². The number of nitriles is 1. The molecule has 0 radical (unpaired) electrons. The van der Waals surface area contributed by atoms with Gasteiger partial charge in [0.1, 0.15) is 11.6 Å². The van der Waals surface area contributed by atoms with E-state index in [4.69, 9.17) is 10.00 Å². The van der Waals surface area contributed by atoms with Crippen molar-refractivity contribution in [3.8, 4) is 6.07 Å². The van der Waals surface area contributed by atoms with Gasteiger partial charge in [-0.1, -0.05) is 13.8 Å². The van der Waals surface area contributed by atoms with Crippen molar-refractivity contribution < 1.29 is 9.53 Å². The van der Waals surface area contributed by atoms with Gasteiger partial charge in [-0.15, -0.1) is 0 Å². The van der Waals surface area contributed by atoms with Gasteiger partial charge in [0.05, 0.1) is 12.2 Å². The smallest absolute Gasteiger partial charge is 0.340 e. The number of H-pyrrole nitrogens is 1. The van der Waals surface area contributed by atoms with Gasteiger partial charge >= 0.3 is 5.97 Å². The minimum Gasteiger partial charge on any atom is -0.462 e. The molecule has 5 nitrogen and oxygen atoms in total. The second kappa shape index (κ2) is 4.54. The molecule has 1 N–H and O–H groups in total. The number of carbonyl (C=O) groups excluding carboxylic acids is 1. The van der Waals surface area contributed by atoms with Crippen molar-refractivity contribution in [2.75, 3.05) is 6.61 Å². The maximum Gasteiger partial charge on any atom is 0.340 e. The number of fused-ring (bicyclic) bond motifs is 1. The molecular formula is C14H16N2O3. The minimum absolute atomic E-state index is 0.144. The number of hydrogen-bond acceptors (Lipinski definition) is 4. The van der Waals surface area contributed by atoms with E-state index in [0.717, 1.165) is 17.7 Å². The molecule has 2 rings (SSSR count). The highest BCUT2D eigenvalue weighted by Gasteiger charge is 2.36. The van der Waals surface area contributed by atoms with E-state index in [0.29, 0.717) is 6.42 Å². The molecular weight excluding hydrogens is 244 g/mol. The van der Waals surface area contributed by atoms with Crippen LogP contribution in [0.1, 0.15) is 54.4 Å². The van der Waals surface area contributed by atoms with Gasteiger partial charge in [0.2, 0.25) is 0 Å². The van der Waals surface area contributed by atoms with Gasteiger partial charge in [0.15, 0.2) is 0 Å². The molecule has 0 unspecified atom stereocenters. The summed E-state index contributed by atoms with van der Waals surface area (Å²) < 4.78 is 4.98. The molecule has 0 fully saturated rings.